The molecule has 0 saturated heterocycles. The summed E-state index contributed by atoms with van der Waals surface area (Å²) in [6, 6.07) is -0.174. The van der Waals surface area contributed by atoms with E-state index in [0.29, 0.717) is 0 Å². The molecule has 0 saturated carbocycles. The zero-order valence-electron chi connectivity index (χ0n) is 6.46. The third-order valence-electron chi connectivity index (χ3n) is 1.29. The van der Waals surface area contributed by atoms with Gasteiger partial charge in [0.05, 0.1) is 0 Å². The summed E-state index contributed by atoms with van der Waals surface area (Å²) in [6.45, 7) is 4.91. The van der Waals surface area contributed by atoms with Crippen molar-refractivity contribution in [2.24, 2.45) is 4.99 Å². The van der Waals surface area contributed by atoms with E-state index < -0.39 is 0 Å². The second-order valence-corrected chi connectivity index (χ2v) is 3.08. The Bertz CT molecular complexity index is 125. The van der Waals surface area contributed by atoms with Crippen LogP contribution in [0.15, 0.2) is 4.99 Å². The number of hydrogen-bond acceptors (Lipinski definition) is 3. The first kappa shape index (κ1) is 9.69. The van der Waals surface area contributed by atoms with E-state index >= 15 is 0 Å². The number of Topliss-reactive ketones (excluding diaryl/α,β-unsaturated/α-hetero) is 1. The second-order valence-electron chi connectivity index (χ2n) is 2.09. The first-order valence-corrected chi connectivity index (χ1v) is 4.57. The highest BCUT2D eigenvalue weighted by Gasteiger charge is 2.09. The van der Waals surface area contributed by atoms with Crippen molar-refractivity contribution in [2.45, 2.75) is 19.4 Å². The second kappa shape index (κ2) is 5.47. The molecule has 1 atom stereocenters. The predicted molar refractivity (Wildman–Crippen MR) is 47.0 cm³/mol. The lowest BCUT2D eigenvalue weighted by Gasteiger charge is -2.04. The van der Waals surface area contributed by atoms with Gasteiger partial charge in [0, 0.05) is 0 Å². The molecule has 3 heteroatoms. The van der Waals surface area contributed by atoms with Crippen molar-refractivity contribution in [2.75, 3.05) is 12.0 Å². The zero-order valence-corrected chi connectivity index (χ0v) is 7.28. The minimum absolute atomic E-state index is 0.115. The van der Waals surface area contributed by atoms with Crippen LogP contribution in [0, 0.1) is 0 Å². The van der Waals surface area contributed by atoms with Crippen molar-refractivity contribution in [3.8, 4) is 0 Å². The van der Waals surface area contributed by atoms with Gasteiger partial charge < -0.3 is 0 Å². The average Bonchev–Trinajstić information content (AvgIpc) is 1.89. The smallest absolute Gasteiger partial charge is 0.154 e. The van der Waals surface area contributed by atoms with E-state index in [0.717, 1.165) is 12.2 Å². The molecule has 0 aromatic rings. The number of carbonyl (C=O) groups excluding carboxylic acids is 1. The number of carbonyl (C=O) groups is 1. The molecule has 0 amide bonds. The number of ketones is 1. The van der Waals surface area contributed by atoms with Crippen LogP contribution in [0.1, 0.15) is 13.3 Å². The van der Waals surface area contributed by atoms with Gasteiger partial charge in [0.2, 0.25) is 0 Å². The van der Waals surface area contributed by atoms with Crippen LogP contribution in [0.3, 0.4) is 0 Å². The molecule has 0 radical (unpaired) electrons. The number of rotatable bonds is 5. The maximum absolute atomic E-state index is 10.7. The molecule has 0 bridgehead atoms. The summed E-state index contributed by atoms with van der Waals surface area (Å²) in [7, 11) is 0. The molecule has 0 aliphatic rings. The summed E-state index contributed by atoms with van der Waals surface area (Å²) < 4.78 is 0. The molecule has 1 unspecified atom stereocenters. The molecule has 0 heterocycles. The van der Waals surface area contributed by atoms with Gasteiger partial charge in [-0.25, -0.2) is 0 Å². The summed E-state index contributed by atoms with van der Waals surface area (Å²) >= 11 is 1.72. The average molecular weight is 159 g/mol. The molecule has 10 heavy (non-hydrogen) atoms. The number of nitrogens with zero attached hydrogens (tertiary/aromatic N) is 1. The van der Waals surface area contributed by atoms with Crippen molar-refractivity contribution >= 4 is 24.3 Å². The Morgan fingerprint density at radius 1 is 1.80 bits per heavy atom. The van der Waals surface area contributed by atoms with E-state index in [9.17, 15) is 4.79 Å². The summed E-state index contributed by atoms with van der Waals surface area (Å²) in [5.41, 5.74) is 0. The van der Waals surface area contributed by atoms with Crippen LogP contribution in [-0.2, 0) is 4.79 Å². The molecule has 0 spiro atoms. The molecule has 0 aromatic carbocycles. The topological polar surface area (TPSA) is 29.4 Å². The van der Waals surface area contributed by atoms with E-state index in [4.69, 9.17) is 0 Å². The molecule has 0 fully saturated rings. The van der Waals surface area contributed by atoms with Gasteiger partial charge in [-0.05, 0) is 32.1 Å². The highest BCUT2D eigenvalue weighted by molar-refractivity contribution is 7.98. The number of aliphatic imine (C=N–C) groups is 1. The third-order valence-corrected chi connectivity index (χ3v) is 1.93. The zero-order chi connectivity index (χ0) is 7.98. The molecular formula is C7H13NOS. The fourth-order valence-electron chi connectivity index (χ4n) is 0.653. The Hall–Kier alpha value is -0.310. The van der Waals surface area contributed by atoms with Gasteiger partial charge in [0.25, 0.3) is 0 Å². The Morgan fingerprint density at radius 2 is 2.40 bits per heavy atom. The van der Waals surface area contributed by atoms with E-state index in [1.807, 2.05) is 6.26 Å². The highest BCUT2D eigenvalue weighted by Crippen LogP contribution is 2.03. The van der Waals surface area contributed by atoms with Gasteiger partial charge in [-0.15, -0.1) is 0 Å². The molecule has 58 valence electrons. The lowest BCUT2D eigenvalue weighted by molar-refractivity contribution is -0.118. The SMILES string of the molecule is C=NC(CCSC)C(C)=O. The lowest BCUT2D eigenvalue weighted by Crippen LogP contribution is -2.15. The highest BCUT2D eigenvalue weighted by atomic mass is 32.2. The van der Waals surface area contributed by atoms with Crippen LogP contribution in [0.4, 0.5) is 0 Å². The van der Waals surface area contributed by atoms with Crippen LogP contribution in [0.5, 0.6) is 0 Å². The standard InChI is InChI=1S/C7H13NOS/c1-6(9)7(8-2)4-5-10-3/h7H,2,4-5H2,1,3H3. The summed E-state index contributed by atoms with van der Waals surface area (Å²) in [5, 5.41) is 0. The Labute approximate surface area is 66.1 Å². The molecular weight excluding hydrogens is 146 g/mol. The third kappa shape index (κ3) is 3.67. The van der Waals surface area contributed by atoms with E-state index in [1.165, 1.54) is 0 Å². The minimum atomic E-state index is -0.174. The maximum Gasteiger partial charge on any atom is 0.154 e. The lowest BCUT2D eigenvalue weighted by atomic mass is 10.2. The van der Waals surface area contributed by atoms with Gasteiger partial charge in [-0.2, -0.15) is 11.8 Å². The predicted octanol–water partition coefficient (Wildman–Crippen LogP) is 1.40. The Morgan fingerprint density at radius 3 is 2.70 bits per heavy atom. The monoisotopic (exact) mass is 159 g/mol. The molecule has 2 nitrogen and oxygen atoms in total. The van der Waals surface area contributed by atoms with E-state index in [2.05, 4.69) is 11.7 Å². The normalized spacial score (nSPS) is 12.6. The van der Waals surface area contributed by atoms with Gasteiger partial charge in [0.15, 0.2) is 5.78 Å². The van der Waals surface area contributed by atoms with Crippen LogP contribution >= 0.6 is 11.8 Å². The number of thioether (sulfide) groups is 1. The summed E-state index contributed by atoms with van der Waals surface area (Å²) in [6.07, 6.45) is 2.83. The van der Waals surface area contributed by atoms with Crippen LogP contribution in [-0.4, -0.2) is 30.6 Å². The Kier molecular flexibility index (Phi) is 5.30. The largest absolute Gasteiger partial charge is 0.298 e. The van der Waals surface area contributed by atoms with Crippen LogP contribution in [0.25, 0.3) is 0 Å². The molecule has 0 aliphatic heterocycles. The van der Waals surface area contributed by atoms with Crippen LogP contribution in [0.2, 0.25) is 0 Å². The molecule has 0 rings (SSSR count). The molecule has 0 aromatic heterocycles. The number of hydrogen-bond donors (Lipinski definition) is 0. The van der Waals surface area contributed by atoms with Crippen molar-refractivity contribution in [3.63, 3.8) is 0 Å². The van der Waals surface area contributed by atoms with Crippen molar-refractivity contribution in [1.29, 1.82) is 0 Å². The van der Waals surface area contributed by atoms with Gasteiger partial charge in [-0.1, -0.05) is 0 Å². The first-order chi connectivity index (χ1) is 4.72. The molecule has 0 N–H and O–H groups in total. The van der Waals surface area contributed by atoms with Crippen molar-refractivity contribution < 1.29 is 4.79 Å². The first-order valence-electron chi connectivity index (χ1n) is 3.17. The summed E-state index contributed by atoms with van der Waals surface area (Å²) in [4.78, 5) is 14.5. The van der Waals surface area contributed by atoms with Crippen LogP contribution < -0.4 is 0 Å². The van der Waals surface area contributed by atoms with Gasteiger partial charge in [0.1, 0.15) is 6.04 Å². The fourth-order valence-corrected chi connectivity index (χ4v) is 1.11. The minimum Gasteiger partial charge on any atom is -0.298 e. The van der Waals surface area contributed by atoms with E-state index in [1.54, 1.807) is 18.7 Å². The fraction of sp³-hybridized carbons (Fsp3) is 0.714. The summed E-state index contributed by atoms with van der Waals surface area (Å²) in [5.74, 6) is 1.09. The van der Waals surface area contributed by atoms with Crippen molar-refractivity contribution in [3.05, 3.63) is 0 Å². The quantitative estimate of drug-likeness (QED) is 0.567. The molecule has 0 aliphatic carbocycles. The van der Waals surface area contributed by atoms with Gasteiger partial charge in [-0.3, -0.25) is 9.79 Å². The van der Waals surface area contributed by atoms with E-state index in [-0.39, 0.29) is 11.8 Å². The van der Waals surface area contributed by atoms with Crippen molar-refractivity contribution in [1.82, 2.24) is 0 Å². The van der Waals surface area contributed by atoms with Gasteiger partial charge >= 0.3 is 0 Å². The Balaban J connectivity index is 3.60. The maximum atomic E-state index is 10.7.